The van der Waals surface area contributed by atoms with Crippen LogP contribution >= 0.6 is 11.6 Å². The lowest BCUT2D eigenvalue weighted by atomic mass is 10.3. The molecule has 0 bridgehead atoms. The summed E-state index contributed by atoms with van der Waals surface area (Å²) in [4.78, 5) is 9.93. The average Bonchev–Trinajstić information content (AvgIpc) is 1.55. The number of ether oxygens (including phenoxy) is 2. The van der Waals surface area contributed by atoms with Crippen molar-refractivity contribution in [3.8, 4) is 0 Å². The smallest absolute Gasteiger partial charge is 0.404 e. The number of carbonyl (C=O) groups excluding carboxylic acids is 1. The van der Waals surface area contributed by atoms with Gasteiger partial charge in [0, 0.05) is 11.6 Å². The SMILES string of the molecule is O=C(Cl)OC1COC1. The molecule has 0 unspecified atom stereocenters. The minimum atomic E-state index is -0.752. The molecule has 1 rings (SSSR count). The Morgan fingerprint density at radius 3 is 2.50 bits per heavy atom. The maximum atomic E-state index is 9.93. The van der Waals surface area contributed by atoms with Gasteiger partial charge in [-0.2, -0.15) is 0 Å². The van der Waals surface area contributed by atoms with Crippen molar-refractivity contribution in [1.82, 2.24) is 0 Å². The summed E-state index contributed by atoms with van der Waals surface area (Å²) in [6, 6.07) is 0. The number of hydrogen-bond acceptors (Lipinski definition) is 3. The van der Waals surface area contributed by atoms with Gasteiger partial charge in [0.25, 0.3) is 0 Å². The lowest BCUT2D eigenvalue weighted by Crippen LogP contribution is -2.36. The zero-order valence-electron chi connectivity index (χ0n) is 4.09. The second-order valence-corrected chi connectivity index (χ2v) is 1.82. The number of hydrogen-bond donors (Lipinski definition) is 0. The minimum Gasteiger partial charge on any atom is -0.445 e. The van der Waals surface area contributed by atoms with Gasteiger partial charge in [0.05, 0.1) is 13.2 Å². The van der Waals surface area contributed by atoms with Crippen molar-refractivity contribution in [2.75, 3.05) is 13.2 Å². The van der Waals surface area contributed by atoms with Crippen molar-refractivity contribution >= 4 is 17.0 Å². The van der Waals surface area contributed by atoms with Gasteiger partial charge < -0.3 is 9.47 Å². The number of rotatable bonds is 1. The van der Waals surface area contributed by atoms with Gasteiger partial charge >= 0.3 is 5.43 Å². The fourth-order valence-corrected chi connectivity index (χ4v) is 0.539. The van der Waals surface area contributed by atoms with E-state index in [-0.39, 0.29) is 6.10 Å². The molecule has 0 N–H and O–H groups in total. The highest BCUT2D eigenvalue weighted by Crippen LogP contribution is 2.06. The summed E-state index contributed by atoms with van der Waals surface area (Å²) in [5, 5.41) is 0. The Kier molecular flexibility index (Phi) is 1.70. The van der Waals surface area contributed by atoms with E-state index in [1.54, 1.807) is 0 Å². The first kappa shape index (κ1) is 5.85. The molecular formula is C4H5ClO3. The normalized spacial score (nSPS) is 19.6. The van der Waals surface area contributed by atoms with Crippen molar-refractivity contribution in [1.29, 1.82) is 0 Å². The molecule has 0 aliphatic carbocycles. The summed E-state index contributed by atoms with van der Waals surface area (Å²) < 4.78 is 9.19. The molecule has 0 aromatic heterocycles. The third-order valence-electron chi connectivity index (χ3n) is 0.867. The molecular weight excluding hydrogens is 131 g/mol. The summed E-state index contributed by atoms with van der Waals surface area (Å²) in [6.07, 6.45) is -0.0972. The first-order valence-corrected chi connectivity index (χ1v) is 2.60. The van der Waals surface area contributed by atoms with Crippen LogP contribution in [0.15, 0.2) is 0 Å². The van der Waals surface area contributed by atoms with Crippen LogP contribution in [-0.2, 0) is 9.47 Å². The Morgan fingerprint density at radius 2 is 2.38 bits per heavy atom. The highest BCUT2D eigenvalue weighted by molar-refractivity contribution is 6.61. The quantitative estimate of drug-likeness (QED) is 0.500. The fraction of sp³-hybridized carbons (Fsp3) is 0.750. The third-order valence-corrected chi connectivity index (χ3v) is 0.956. The fourth-order valence-electron chi connectivity index (χ4n) is 0.413. The standard InChI is InChI=1S/C4H5ClO3/c5-4(6)8-3-1-7-2-3/h3H,1-2H2. The molecule has 1 fully saturated rings. The first-order valence-electron chi connectivity index (χ1n) is 2.23. The summed E-state index contributed by atoms with van der Waals surface area (Å²) in [6.45, 7) is 0.969. The third kappa shape index (κ3) is 1.35. The van der Waals surface area contributed by atoms with Gasteiger partial charge in [0.2, 0.25) is 0 Å². The predicted octanol–water partition coefficient (Wildman–Crippen LogP) is 0.761. The van der Waals surface area contributed by atoms with Crippen LogP contribution in [0.1, 0.15) is 0 Å². The highest BCUT2D eigenvalue weighted by Gasteiger charge is 2.21. The monoisotopic (exact) mass is 136 g/mol. The lowest BCUT2D eigenvalue weighted by Gasteiger charge is -2.23. The van der Waals surface area contributed by atoms with Crippen LogP contribution in [0.3, 0.4) is 0 Å². The zero-order valence-corrected chi connectivity index (χ0v) is 4.85. The van der Waals surface area contributed by atoms with E-state index in [2.05, 4.69) is 4.74 Å². The molecule has 8 heavy (non-hydrogen) atoms. The second-order valence-electron chi connectivity index (χ2n) is 1.51. The molecule has 1 aliphatic heterocycles. The molecule has 46 valence electrons. The maximum Gasteiger partial charge on any atom is 0.404 e. The molecule has 0 aromatic rings. The predicted molar refractivity (Wildman–Crippen MR) is 26.9 cm³/mol. The van der Waals surface area contributed by atoms with Crippen molar-refractivity contribution in [3.05, 3.63) is 0 Å². The molecule has 3 nitrogen and oxygen atoms in total. The second kappa shape index (κ2) is 2.33. The first-order chi connectivity index (χ1) is 3.79. The number of carbonyl (C=O) groups is 1. The summed E-state index contributed by atoms with van der Waals surface area (Å²) in [5.41, 5.74) is -0.752. The topological polar surface area (TPSA) is 35.5 Å². The molecule has 4 heteroatoms. The Balaban J connectivity index is 2.09. The Morgan fingerprint density at radius 1 is 1.75 bits per heavy atom. The molecule has 0 spiro atoms. The van der Waals surface area contributed by atoms with E-state index in [9.17, 15) is 4.79 Å². The molecule has 0 saturated carbocycles. The van der Waals surface area contributed by atoms with E-state index in [1.807, 2.05) is 0 Å². The van der Waals surface area contributed by atoms with E-state index in [4.69, 9.17) is 16.3 Å². The number of halogens is 1. The molecule has 1 aliphatic rings. The van der Waals surface area contributed by atoms with Gasteiger partial charge in [0.15, 0.2) is 0 Å². The van der Waals surface area contributed by atoms with Crippen molar-refractivity contribution < 1.29 is 14.3 Å². The largest absolute Gasteiger partial charge is 0.445 e. The van der Waals surface area contributed by atoms with E-state index < -0.39 is 5.43 Å². The zero-order chi connectivity index (χ0) is 5.98. The average molecular weight is 137 g/mol. The summed E-state index contributed by atoms with van der Waals surface area (Å²) in [5.74, 6) is 0. The maximum absolute atomic E-state index is 9.93. The Labute approximate surface area is 51.5 Å². The van der Waals surface area contributed by atoms with Gasteiger partial charge in [-0.15, -0.1) is 0 Å². The molecule has 0 atom stereocenters. The van der Waals surface area contributed by atoms with Gasteiger partial charge in [0.1, 0.15) is 6.10 Å². The van der Waals surface area contributed by atoms with E-state index in [0.717, 1.165) is 0 Å². The van der Waals surface area contributed by atoms with Crippen LogP contribution in [0.4, 0.5) is 4.79 Å². The van der Waals surface area contributed by atoms with E-state index in [1.165, 1.54) is 0 Å². The van der Waals surface area contributed by atoms with E-state index in [0.29, 0.717) is 13.2 Å². The van der Waals surface area contributed by atoms with Gasteiger partial charge in [-0.3, -0.25) is 0 Å². The van der Waals surface area contributed by atoms with Crippen molar-refractivity contribution in [2.24, 2.45) is 0 Å². The van der Waals surface area contributed by atoms with Crippen LogP contribution < -0.4 is 0 Å². The summed E-state index contributed by atoms with van der Waals surface area (Å²) in [7, 11) is 0. The van der Waals surface area contributed by atoms with Crippen molar-refractivity contribution in [2.45, 2.75) is 6.10 Å². The van der Waals surface area contributed by atoms with Gasteiger partial charge in [-0.05, 0) is 0 Å². The minimum absolute atomic E-state index is 0.0972. The van der Waals surface area contributed by atoms with Crippen molar-refractivity contribution in [3.63, 3.8) is 0 Å². The van der Waals surface area contributed by atoms with Crippen LogP contribution in [0, 0.1) is 0 Å². The molecule has 0 radical (unpaired) electrons. The van der Waals surface area contributed by atoms with E-state index >= 15 is 0 Å². The van der Waals surface area contributed by atoms with Crippen LogP contribution in [0.2, 0.25) is 0 Å². The molecule has 0 aromatic carbocycles. The Hall–Kier alpha value is -0.280. The summed E-state index contributed by atoms with van der Waals surface area (Å²) >= 11 is 4.87. The van der Waals surface area contributed by atoms with Crippen LogP contribution in [-0.4, -0.2) is 24.7 Å². The highest BCUT2D eigenvalue weighted by atomic mass is 35.5. The molecule has 1 saturated heterocycles. The van der Waals surface area contributed by atoms with Gasteiger partial charge in [-0.1, -0.05) is 0 Å². The molecule has 1 heterocycles. The lowest BCUT2D eigenvalue weighted by molar-refractivity contribution is -0.0926. The van der Waals surface area contributed by atoms with Crippen LogP contribution in [0.5, 0.6) is 0 Å². The Bertz CT molecular complexity index is 99.5. The van der Waals surface area contributed by atoms with Crippen LogP contribution in [0.25, 0.3) is 0 Å². The van der Waals surface area contributed by atoms with Gasteiger partial charge in [-0.25, -0.2) is 4.79 Å². The molecule has 0 amide bonds.